The van der Waals surface area contributed by atoms with Crippen molar-refractivity contribution in [1.29, 1.82) is 5.26 Å². The van der Waals surface area contributed by atoms with Crippen LogP contribution in [-0.2, 0) is 4.74 Å². The first-order valence-corrected chi connectivity index (χ1v) is 9.72. The molecular formula is C23H24N4O2. The van der Waals surface area contributed by atoms with Gasteiger partial charge in [0.15, 0.2) is 0 Å². The van der Waals surface area contributed by atoms with E-state index in [4.69, 9.17) is 10.00 Å². The van der Waals surface area contributed by atoms with Crippen molar-refractivity contribution in [2.24, 2.45) is 5.92 Å². The zero-order chi connectivity index (χ0) is 20.5. The van der Waals surface area contributed by atoms with Crippen LogP contribution in [0.3, 0.4) is 0 Å². The summed E-state index contributed by atoms with van der Waals surface area (Å²) in [5.41, 5.74) is 2.56. The summed E-state index contributed by atoms with van der Waals surface area (Å²) in [4.78, 5) is 16.0. The molecule has 6 heteroatoms. The van der Waals surface area contributed by atoms with E-state index in [0.717, 1.165) is 38.0 Å². The fourth-order valence-corrected chi connectivity index (χ4v) is 3.39. The topological polar surface area (TPSA) is 87.0 Å². The Morgan fingerprint density at radius 2 is 2.07 bits per heavy atom. The van der Waals surface area contributed by atoms with Crippen molar-refractivity contribution in [3.05, 3.63) is 59.4 Å². The molecule has 0 radical (unpaired) electrons. The summed E-state index contributed by atoms with van der Waals surface area (Å²) >= 11 is 0. The Hall–Kier alpha value is -3.35. The fourth-order valence-electron chi connectivity index (χ4n) is 3.39. The summed E-state index contributed by atoms with van der Waals surface area (Å²) in [5, 5.41) is 15.7. The highest BCUT2D eigenvalue weighted by Gasteiger charge is 2.22. The van der Waals surface area contributed by atoms with E-state index in [-0.39, 0.29) is 0 Å². The Bertz CT molecular complexity index is 938. The van der Waals surface area contributed by atoms with Gasteiger partial charge in [-0.15, -0.1) is 0 Å². The minimum Gasteiger partial charge on any atom is -0.465 e. The maximum absolute atomic E-state index is 11.8. The lowest BCUT2D eigenvalue weighted by Gasteiger charge is -2.13. The molecule has 29 heavy (non-hydrogen) atoms. The summed E-state index contributed by atoms with van der Waals surface area (Å²) < 4.78 is 4.79. The molecule has 148 valence electrons. The minimum atomic E-state index is -0.414. The molecular weight excluding hydrogens is 364 g/mol. The molecule has 1 aromatic heterocycles. The van der Waals surface area contributed by atoms with Gasteiger partial charge in [0.05, 0.1) is 24.3 Å². The molecule has 0 spiro atoms. The van der Waals surface area contributed by atoms with Gasteiger partial charge in [-0.05, 0) is 61.6 Å². The number of anilines is 1. The largest absolute Gasteiger partial charge is 0.465 e. The number of nitriles is 1. The second kappa shape index (κ2) is 10.3. The predicted octanol–water partition coefficient (Wildman–Crippen LogP) is 2.96. The summed E-state index contributed by atoms with van der Waals surface area (Å²) in [6.45, 7) is 1.67. The number of pyridine rings is 1. The Morgan fingerprint density at radius 3 is 2.83 bits per heavy atom. The van der Waals surface area contributed by atoms with Crippen LogP contribution in [0.4, 0.5) is 5.69 Å². The molecule has 3 rings (SSSR count). The number of methoxy groups -OCH3 is 1. The van der Waals surface area contributed by atoms with E-state index in [1.54, 1.807) is 18.3 Å². The highest BCUT2D eigenvalue weighted by Crippen LogP contribution is 2.25. The van der Waals surface area contributed by atoms with E-state index in [9.17, 15) is 4.79 Å². The molecule has 1 aliphatic rings. The molecule has 2 N–H and O–H groups in total. The number of ether oxygens (including phenoxy) is 1. The Kier molecular flexibility index (Phi) is 7.22. The number of carbonyl (C=O) groups excluding carboxylic acids is 1. The monoisotopic (exact) mass is 388 g/mol. The number of esters is 1. The second-order valence-electron chi connectivity index (χ2n) is 6.94. The summed E-state index contributed by atoms with van der Waals surface area (Å²) in [6, 6.07) is 13.4. The molecule has 1 fully saturated rings. The molecule has 0 saturated heterocycles. The molecule has 1 saturated carbocycles. The molecule has 0 bridgehead atoms. The van der Waals surface area contributed by atoms with Gasteiger partial charge in [0.1, 0.15) is 5.69 Å². The number of rotatable bonds is 6. The van der Waals surface area contributed by atoms with Crippen LogP contribution in [0.1, 0.15) is 40.9 Å². The maximum Gasteiger partial charge on any atom is 0.340 e. The van der Waals surface area contributed by atoms with Gasteiger partial charge in [-0.25, -0.2) is 9.78 Å². The van der Waals surface area contributed by atoms with E-state index < -0.39 is 5.97 Å². The number of benzene rings is 1. The van der Waals surface area contributed by atoms with Crippen molar-refractivity contribution in [3.8, 4) is 17.9 Å². The third-order valence-electron chi connectivity index (χ3n) is 4.94. The number of hydrogen-bond acceptors (Lipinski definition) is 6. The van der Waals surface area contributed by atoms with E-state index in [0.29, 0.717) is 28.8 Å². The van der Waals surface area contributed by atoms with Crippen molar-refractivity contribution in [1.82, 2.24) is 10.3 Å². The first-order valence-electron chi connectivity index (χ1n) is 9.72. The van der Waals surface area contributed by atoms with Gasteiger partial charge < -0.3 is 15.4 Å². The molecule has 1 aliphatic carbocycles. The summed E-state index contributed by atoms with van der Waals surface area (Å²) in [7, 11) is 1.36. The first-order chi connectivity index (χ1) is 14.2. The van der Waals surface area contributed by atoms with Crippen LogP contribution in [0, 0.1) is 29.1 Å². The Balaban J connectivity index is 1.44. The molecule has 2 aromatic rings. The average Bonchev–Trinajstić information content (AvgIpc) is 3.23. The van der Waals surface area contributed by atoms with Crippen molar-refractivity contribution in [3.63, 3.8) is 0 Å². The molecule has 6 nitrogen and oxygen atoms in total. The van der Waals surface area contributed by atoms with Crippen LogP contribution in [0.2, 0.25) is 0 Å². The van der Waals surface area contributed by atoms with Crippen LogP contribution in [-0.4, -0.2) is 37.2 Å². The number of hydrogen-bond donors (Lipinski definition) is 2. The van der Waals surface area contributed by atoms with Gasteiger partial charge in [-0.1, -0.05) is 5.92 Å². The van der Waals surface area contributed by atoms with E-state index in [2.05, 4.69) is 33.5 Å². The minimum absolute atomic E-state index is 0.298. The lowest BCUT2D eigenvalue weighted by molar-refractivity contribution is 0.0600. The third kappa shape index (κ3) is 5.81. The van der Waals surface area contributed by atoms with Crippen molar-refractivity contribution < 1.29 is 9.53 Å². The number of nitrogens with one attached hydrogen (secondary N) is 2. The van der Waals surface area contributed by atoms with Crippen molar-refractivity contribution in [2.75, 3.05) is 25.5 Å². The van der Waals surface area contributed by atoms with Crippen LogP contribution < -0.4 is 10.6 Å². The first kappa shape index (κ1) is 20.4. The van der Waals surface area contributed by atoms with Gasteiger partial charge in [0.25, 0.3) is 0 Å². The molecule has 1 aromatic carbocycles. The smallest absolute Gasteiger partial charge is 0.340 e. The number of carbonyl (C=O) groups is 1. The highest BCUT2D eigenvalue weighted by molar-refractivity contribution is 5.91. The van der Waals surface area contributed by atoms with Gasteiger partial charge in [-0.3, -0.25) is 0 Å². The van der Waals surface area contributed by atoms with Gasteiger partial charge >= 0.3 is 5.97 Å². The van der Waals surface area contributed by atoms with Gasteiger partial charge in [0, 0.05) is 36.9 Å². The lowest BCUT2D eigenvalue weighted by atomic mass is 10.1. The SMILES string of the molecule is COC(=O)c1cccnc1C#C[C@H]1CC[C@@H](NCCNc2ccc(C#N)cc2)C1. The van der Waals surface area contributed by atoms with E-state index in [1.165, 1.54) is 7.11 Å². The Labute approximate surface area is 171 Å². The normalized spacial score (nSPS) is 17.7. The van der Waals surface area contributed by atoms with Crippen molar-refractivity contribution in [2.45, 2.75) is 25.3 Å². The molecule has 0 amide bonds. The van der Waals surface area contributed by atoms with Crippen LogP contribution in [0.15, 0.2) is 42.6 Å². The average molecular weight is 388 g/mol. The fraction of sp³-hybridized carbons (Fsp3) is 0.348. The van der Waals surface area contributed by atoms with E-state index in [1.807, 2.05) is 24.3 Å². The van der Waals surface area contributed by atoms with Gasteiger partial charge in [0.2, 0.25) is 0 Å². The zero-order valence-electron chi connectivity index (χ0n) is 16.4. The van der Waals surface area contributed by atoms with Crippen LogP contribution >= 0.6 is 0 Å². The summed E-state index contributed by atoms with van der Waals surface area (Å²) in [6.07, 6.45) is 4.75. The second-order valence-corrected chi connectivity index (χ2v) is 6.94. The lowest BCUT2D eigenvalue weighted by Crippen LogP contribution is -2.31. The van der Waals surface area contributed by atoms with Crippen LogP contribution in [0.5, 0.6) is 0 Å². The third-order valence-corrected chi connectivity index (χ3v) is 4.94. The van der Waals surface area contributed by atoms with Crippen LogP contribution in [0.25, 0.3) is 0 Å². The highest BCUT2D eigenvalue weighted by atomic mass is 16.5. The molecule has 0 unspecified atom stereocenters. The van der Waals surface area contributed by atoms with Crippen molar-refractivity contribution >= 4 is 11.7 Å². The van der Waals surface area contributed by atoms with Gasteiger partial charge in [-0.2, -0.15) is 5.26 Å². The summed E-state index contributed by atoms with van der Waals surface area (Å²) in [5.74, 6) is 6.22. The molecule has 2 atom stereocenters. The number of nitrogens with zero attached hydrogens (tertiary/aromatic N) is 2. The standard InChI is InChI=1S/C23H24N4O2/c1-29-23(28)21-3-2-12-27-22(21)11-7-17-4-10-20(15-17)26-14-13-25-19-8-5-18(16-24)6-9-19/h2-3,5-6,8-9,12,17,20,25-26H,4,10,13-15H2,1H3/t17-,20-/m1/s1. The van der Waals surface area contributed by atoms with E-state index >= 15 is 0 Å². The number of aromatic nitrogens is 1. The molecule has 0 aliphatic heterocycles. The maximum atomic E-state index is 11.8. The molecule has 1 heterocycles. The quantitative estimate of drug-likeness (QED) is 0.449. The predicted molar refractivity (Wildman–Crippen MR) is 111 cm³/mol. The Morgan fingerprint density at radius 1 is 1.24 bits per heavy atom. The zero-order valence-corrected chi connectivity index (χ0v) is 16.4.